The molecule has 31 heavy (non-hydrogen) atoms. The molecule has 1 aromatic carbocycles. The van der Waals surface area contributed by atoms with Gasteiger partial charge >= 0.3 is 6.09 Å². The number of amides is 3. The molecule has 10 nitrogen and oxygen atoms in total. The van der Waals surface area contributed by atoms with Gasteiger partial charge in [-0.1, -0.05) is 18.2 Å². The van der Waals surface area contributed by atoms with Crippen LogP contribution in [0.25, 0.3) is 0 Å². The van der Waals surface area contributed by atoms with Crippen molar-refractivity contribution in [1.29, 1.82) is 0 Å². The number of benzene rings is 1. The van der Waals surface area contributed by atoms with Crippen LogP contribution in [0, 0.1) is 0 Å². The van der Waals surface area contributed by atoms with E-state index in [9.17, 15) is 14.4 Å². The zero-order chi connectivity index (χ0) is 22.2. The summed E-state index contributed by atoms with van der Waals surface area (Å²) in [5.41, 5.74) is 1.30. The zero-order valence-electron chi connectivity index (χ0n) is 17.7. The summed E-state index contributed by atoms with van der Waals surface area (Å²) in [5, 5.41) is 6.94. The number of ether oxygens (including phenoxy) is 2. The highest BCUT2D eigenvalue weighted by molar-refractivity contribution is 5.92. The summed E-state index contributed by atoms with van der Waals surface area (Å²) in [5.74, 6) is 0.353. The molecular weight excluding hydrogens is 402 g/mol. The summed E-state index contributed by atoms with van der Waals surface area (Å²) in [6, 6.07) is 7.33. The summed E-state index contributed by atoms with van der Waals surface area (Å²) in [4.78, 5) is 39.9. The van der Waals surface area contributed by atoms with Gasteiger partial charge in [-0.2, -0.15) is 5.10 Å². The predicted molar refractivity (Wildman–Crippen MR) is 113 cm³/mol. The molecule has 0 aliphatic carbocycles. The van der Waals surface area contributed by atoms with Gasteiger partial charge in [-0.05, 0) is 13.0 Å². The molecule has 0 unspecified atom stereocenters. The van der Waals surface area contributed by atoms with E-state index in [-0.39, 0.29) is 30.9 Å². The first-order valence-corrected chi connectivity index (χ1v) is 10.1. The highest BCUT2D eigenvalue weighted by atomic mass is 16.6. The van der Waals surface area contributed by atoms with Crippen molar-refractivity contribution in [3.63, 3.8) is 0 Å². The van der Waals surface area contributed by atoms with Gasteiger partial charge in [-0.15, -0.1) is 0 Å². The number of nitrogens with one attached hydrogen (secondary N) is 1. The average molecular weight is 429 g/mol. The van der Waals surface area contributed by atoms with Gasteiger partial charge in [0.25, 0.3) is 0 Å². The minimum Gasteiger partial charge on any atom is -0.496 e. The Morgan fingerprint density at radius 2 is 1.81 bits per heavy atom. The molecule has 10 heteroatoms. The molecule has 1 aliphatic heterocycles. The van der Waals surface area contributed by atoms with E-state index in [4.69, 9.17) is 9.47 Å². The third-order valence-corrected chi connectivity index (χ3v) is 4.92. The van der Waals surface area contributed by atoms with Crippen LogP contribution in [-0.2, 0) is 27.3 Å². The third kappa shape index (κ3) is 5.97. The molecular formula is C21H27N5O5. The second-order valence-electron chi connectivity index (χ2n) is 7.03. The first-order valence-electron chi connectivity index (χ1n) is 10.1. The molecule has 0 spiro atoms. The lowest BCUT2D eigenvalue weighted by Crippen LogP contribution is -2.51. The Kier molecular flexibility index (Phi) is 7.47. The minimum atomic E-state index is -0.352. The first kappa shape index (κ1) is 22.1. The monoisotopic (exact) mass is 429 g/mol. The summed E-state index contributed by atoms with van der Waals surface area (Å²) in [6.07, 6.45) is 2.94. The molecule has 0 bridgehead atoms. The Morgan fingerprint density at radius 1 is 1.10 bits per heavy atom. The number of carbonyl (C=O) groups excluding carboxylic acids is 3. The second-order valence-corrected chi connectivity index (χ2v) is 7.03. The molecule has 1 fully saturated rings. The Morgan fingerprint density at radius 3 is 2.52 bits per heavy atom. The van der Waals surface area contributed by atoms with Crippen molar-refractivity contribution < 1.29 is 23.9 Å². The van der Waals surface area contributed by atoms with E-state index in [2.05, 4.69) is 10.4 Å². The summed E-state index contributed by atoms with van der Waals surface area (Å²) >= 11 is 0. The van der Waals surface area contributed by atoms with Crippen LogP contribution in [0.15, 0.2) is 36.7 Å². The highest BCUT2D eigenvalue weighted by Crippen LogP contribution is 2.18. The maximum atomic E-state index is 12.5. The average Bonchev–Trinajstić information content (AvgIpc) is 3.20. The SMILES string of the molecule is CCOC(=O)N1CCN(C(=O)Cn2cc(NC(=O)Cc3ccccc3OC)cn2)CC1. The Balaban J connectivity index is 1.48. The number of methoxy groups -OCH3 is 1. The largest absolute Gasteiger partial charge is 0.496 e. The molecule has 1 aliphatic rings. The zero-order valence-corrected chi connectivity index (χ0v) is 17.7. The number of rotatable bonds is 7. The topological polar surface area (TPSA) is 106 Å². The fourth-order valence-electron chi connectivity index (χ4n) is 3.33. The normalized spacial score (nSPS) is 13.6. The lowest BCUT2D eigenvalue weighted by atomic mass is 10.1. The van der Waals surface area contributed by atoms with Crippen molar-refractivity contribution >= 4 is 23.6 Å². The molecule has 1 N–H and O–H groups in total. The van der Waals surface area contributed by atoms with Gasteiger partial charge in [0.1, 0.15) is 12.3 Å². The number of nitrogens with zero attached hydrogens (tertiary/aromatic N) is 4. The van der Waals surface area contributed by atoms with E-state index in [1.807, 2.05) is 18.2 Å². The van der Waals surface area contributed by atoms with Crippen molar-refractivity contribution in [2.75, 3.05) is 45.2 Å². The number of hydrogen-bond donors (Lipinski definition) is 1. The van der Waals surface area contributed by atoms with Crippen molar-refractivity contribution in [3.05, 3.63) is 42.2 Å². The molecule has 166 valence electrons. The number of hydrogen-bond acceptors (Lipinski definition) is 6. The quantitative estimate of drug-likeness (QED) is 0.713. The van der Waals surface area contributed by atoms with Crippen LogP contribution >= 0.6 is 0 Å². The van der Waals surface area contributed by atoms with E-state index in [1.54, 1.807) is 36.1 Å². The van der Waals surface area contributed by atoms with Gasteiger partial charge in [-0.25, -0.2) is 4.79 Å². The van der Waals surface area contributed by atoms with Crippen LogP contribution in [0.2, 0.25) is 0 Å². The van der Waals surface area contributed by atoms with Crippen LogP contribution in [0.4, 0.5) is 10.5 Å². The van der Waals surface area contributed by atoms with Gasteiger partial charge in [0, 0.05) is 37.9 Å². The smallest absolute Gasteiger partial charge is 0.409 e. The van der Waals surface area contributed by atoms with Crippen LogP contribution < -0.4 is 10.1 Å². The van der Waals surface area contributed by atoms with E-state index in [0.717, 1.165) is 5.56 Å². The number of para-hydroxylation sites is 1. The van der Waals surface area contributed by atoms with Gasteiger partial charge < -0.3 is 24.6 Å². The molecule has 1 aromatic heterocycles. The molecule has 2 heterocycles. The maximum Gasteiger partial charge on any atom is 0.409 e. The Labute approximate surface area is 180 Å². The number of piperazine rings is 1. The third-order valence-electron chi connectivity index (χ3n) is 4.92. The summed E-state index contributed by atoms with van der Waals surface area (Å²) in [7, 11) is 1.56. The first-order chi connectivity index (χ1) is 15.0. The molecule has 2 aromatic rings. The van der Waals surface area contributed by atoms with Crippen molar-refractivity contribution in [1.82, 2.24) is 19.6 Å². The minimum absolute atomic E-state index is 0.0573. The molecule has 0 radical (unpaired) electrons. The van der Waals surface area contributed by atoms with Crippen molar-refractivity contribution in [3.8, 4) is 5.75 Å². The van der Waals surface area contributed by atoms with Gasteiger partial charge in [0.2, 0.25) is 11.8 Å². The van der Waals surface area contributed by atoms with Gasteiger partial charge in [0.05, 0.1) is 32.0 Å². The molecule has 3 rings (SSSR count). The lowest BCUT2D eigenvalue weighted by Gasteiger charge is -2.34. The number of aromatic nitrogens is 2. The Bertz CT molecular complexity index is 920. The van der Waals surface area contributed by atoms with Crippen LogP contribution in [0.1, 0.15) is 12.5 Å². The van der Waals surface area contributed by atoms with Gasteiger partial charge in [-0.3, -0.25) is 14.3 Å². The van der Waals surface area contributed by atoms with Crippen LogP contribution in [0.3, 0.4) is 0 Å². The highest BCUT2D eigenvalue weighted by Gasteiger charge is 2.25. The second kappa shape index (κ2) is 10.5. The van der Waals surface area contributed by atoms with E-state index in [0.29, 0.717) is 44.2 Å². The van der Waals surface area contributed by atoms with E-state index < -0.39 is 0 Å². The maximum absolute atomic E-state index is 12.5. The van der Waals surface area contributed by atoms with E-state index >= 15 is 0 Å². The number of anilines is 1. The molecule has 0 atom stereocenters. The van der Waals surface area contributed by atoms with Crippen LogP contribution in [-0.4, -0.2) is 77.4 Å². The predicted octanol–water partition coefficient (Wildman–Crippen LogP) is 1.37. The van der Waals surface area contributed by atoms with Crippen LogP contribution in [0.5, 0.6) is 5.75 Å². The number of carbonyl (C=O) groups is 3. The summed E-state index contributed by atoms with van der Waals surface area (Å²) in [6.45, 7) is 3.92. The van der Waals surface area contributed by atoms with Gasteiger partial charge in [0.15, 0.2) is 0 Å². The Hall–Kier alpha value is -3.56. The van der Waals surface area contributed by atoms with Crippen molar-refractivity contribution in [2.24, 2.45) is 0 Å². The molecule has 0 saturated carbocycles. The summed E-state index contributed by atoms with van der Waals surface area (Å²) < 4.78 is 11.7. The lowest BCUT2D eigenvalue weighted by molar-refractivity contribution is -0.133. The molecule has 3 amide bonds. The fourth-order valence-corrected chi connectivity index (χ4v) is 3.33. The van der Waals surface area contributed by atoms with Crippen molar-refractivity contribution in [2.45, 2.75) is 19.9 Å². The standard InChI is InChI=1S/C21H27N5O5/c1-3-31-21(29)25-10-8-24(9-11-25)20(28)15-26-14-17(13-22-26)23-19(27)12-16-6-4-5-7-18(16)30-2/h4-7,13-14H,3,8-12,15H2,1-2H3,(H,23,27). The fraction of sp³-hybridized carbons (Fsp3) is 0.429. The molecule has 1 saturated heterocycles. The van der Waals surface area contributed by atoms with E-state index in [1.165, 1.54) is 10.9 Å².